The highest BCUT2D eigenvalue weighted by Crippen LogP contribution is 2.27. The van der Waals surface area contributed by atoms with Crippen LogP contribution in [0.4, 0.5) is 11.4 Å². The predicted molar refractivity (Wildman–Crippen MR) is 110 cm³/mol. The minimum atomic E-state index is -3.73. The maximum absolute atomic E-state index is 12.5. The lowest BCUT2D eigenvalue weighted by atomic mass is 10.1. The Morgan fingerprint density at radius 2 is 1.77 bits per heavy atom. The molecule has 5 N–H and O–H groups in total. The average molecular weight is 424 g/mol. The molecule has 152 valence electrons. The third kappa shape index (κ3) is 3.42. The number of H-pyrrole nitrogens is 1. The minimum Gasteiger partial charge on any atom is -0.364 e. The molecule has 1 aliphatic rings. The van der Waals surface area contributed by atoms with Gasteiger partial charge in [-0.25, -0.2) is 0 Å². The van der Waals surface area contributed by atoms with E-state index in [0.717, 1.165) is 0 Å². The minimum absolute atomic E-state index is 0.0572. The number of fused-ring (bicyclic) bond motifs is 1. The zero-order valence-electron chi connectivity index (χ0n) is 15.6. The summed E-state index contributed by atoms with van der Waals surface area (Å²) >= 11 is 0. The molecule has 0 radical (unpaired) electrons. The smallest absolute Gasteiger partial charge is 0.285 e. The van der Waals surface area contributed by atoms with Gasteiger partial charge in [-0.3, -0.25) is 14.7 Å². The lowest BCUT2D eigenvalue weighted by Crippen LogP contribution is -2.18. The van der Waals surface area contributed by atoms with Gasteiger partial charge in [0.05, 0.1) is 11.4 Å². The van der Waals surface area contributed by atoms with E-state index in [1.807, 2.05) is 0 Å². The van der Waals surface area contributed by atoms with E-state index >= 15 is 0 Å². The predicted octanol–water partition coefficient (Wildman–Crippen LogP) is 1.63. The first kappa shape index (κ1) is 19.3. The lowest BCUT2D eigenvalue weighted by molar-refractivity contribution is 0.0996. The maximum Gasteiger partial charge on any atom is 0.285 e. The number of nitrogens with two attached hydrogens (primary N) is 1. The average Bonchev–Trinajstić information content (AvgIpc) is 3.20. The third-order valence-corrected chi connectivity index (χ3v) is 5.80. The highest BCUT2D eigenvalue weighted by molar-refractivity contribution is 7.90. The SMILES string of the molecule is Cc1[nH]nc(C(N)=O)c1NC(=O)c1ccc(NC2=NS(=O)(=O)c3ccccc32)cc1. The molecule has 0 spiro atoms. The lowest BCUT2D eigenvalue weighted by Gasteiger charge is -2.09. The maximum atomic E-state index is 12.5. The number of aryl methyl sites for hydroxylation is 1. The summed E-state index contributed by atoms with van der Waals surface area (Å²) in [7, 11) is -3.73. The normalized spacial score (nSPS) is 14.0. The van der Waals surface area contributed by atoms with Gasteiger partial charge in [-0.2, -0.15) is 13.5 Å². The van der Waals surface area contributed by atoms with Crippen molar-refractivity contribution in [1.82, 2.24) is 10.2 Å². The van der Waals surface area contributed by atoms with E-state index in [4.69, 9.17) is 5.73 Å². The second-order valence-electron chi connectivity index (χ2n) is 6.50. The van der Waals surface area contributed by atoms with Crippen LogP contribution in [-0.4, -0.2) is 36.3 Å². The summed E-state index contributed by atoms with van der Waals surface area (Å²) in [5, 5.41) is 12.0. The number of sulfonamides is 1. The monoisotopic (exact) mass is 424 g/mol. The van der Waals surface area contributed by atoms with Crippen molar-refractivity contribution in [3.05, 3.63) is 71.0 Å². The molecule has 2 heterocycles. The summed E-state index contributed by atoms with van der Waals surface area (Å²) in [6.07, 6.45) is 0. The van der Waals surface area contributed by atoms with Gasteiger partial charge in [0.15, 0.2) is 11.5 Å². The zero-order chi connectivity index (χ0) is 21.5. The number of nitrogens with one attached hydrogen (secondary N) is 3. The quantitative estimate of drug-likeness (QED) is 0.498. The van der Waals surface area contributed by atoms with E-state index < -0.39 is 21.8 Å². The van der Waals surface area contributed by atoms with Gasteiger partial charge in [-0.05, 0) is 43.3 Å². The Labute approximate surface area is 171 Å². The number of aromatic amines is 1. The van der Waals surface area contributed by atoms with Crippen LogP contribution in [0.3, 0.4) is 0 Å². The molecule has 2 amide bonds. The number of anilines is 2. The first-order valence-electron chi connectivity index (χ1n) is 8.74. The van der Waals surface area contributed by atoms with Crippen LogP contribution in [0.1, 0.15) is 32.1 Å². The van der Waals surface area contributed by atoms with Crippen LogP contribution in [0.25, 0.3) is 0 Å². The van der Waals surface area contributed by atoms with Crippen molar-refractivity contribution in [2.24, 2.45) is 10.1 Å². The summed E-state index contributed by atoms with van der Waals surface area (Å²) in [4.78, 5) is 24.1. The van der Waals surface area contributed by atoms with E-state index in [9.17, 15) is 18.0 Å². The fraction of sp³-hybridized carbons (Fsp3) is 0.0526. The second kappa shape index (κ2) is 7.12. The Morgan fingerprint density at radius 1 is 1.07 bits per heavy atom. The first-order valence-corrected chi connectivity index (χ1v) is 10.2. The number of hydrogen-bond donors (Lipinski definition) is 4. The van der Waals surface area contributed by atoms with Crippen LogP contribution in [0.2, 0.25) is 0 Å². The molecule has 0 unspecified atom stereocenters. The molecular formula is C19H16N6O4S. The van der Waals surface area contributed by atoms with Crippen LogP contribution >= 0.6 is 0 Å². The third-order valence-electron chi connectivity index (χ3n) is 4.46. The number of primary amides is 1. The molecule has 0 bridgehead atoms. The van der Waals surface area contributed by atoms with Crippen LogP contribution in [0, 0.1) is 6.92 Å². The van der Waals surface area contributed by atoms with Crippen molar-refractivity contribution < 1.29 is 18.0 Å². The van der Waals surface area contributed by atoms with Crippen molar-refractivity contribution in [2.45, 2.75) is 11.8 Å². The summed E-state index contributed by atoms with van der Waals surface area (Å²) < 4.78 is 28.0. The van der Waals surface area contributed by atoms with Crippen molar-refractivity contribution in [1.29, 1.82) is 0 Å². The Bertz CT molecular complexity index is 1310. The van der Waals surface area contributed by atoms with E-state index in [0.29, 0.717) is 22.5 Å². The van der Waals surface area contributed by atoms with Gasteiger partial charge in [0.25, 0.3) is 21.8 Å². The summed E-state index contributed by atoms with van der Waals surface area (Å²) in [6, 6.07) is 12.8. The number of carbonyl (C=O) groups is 2. The van der Waals surface area contributed by atoms with E-state index in [2.05, 4.69) is 25.2 Å². The van der Waals surface area contributed by atoms with Crippen LogP contribution in [0.15, 0.2) is 57.8 Å². The number of hydrogen-bond acceptors (Lipinski definition) is 6. The van der Waals surface area contributed by atoms with Crippen LogP contribution < -0.4 is 16.4 Å². The molecule has 3 aromatic rings. The van der Waals surface area contributed by atoms with Crippen LogP contribution in [0.5, 0.6) is 0 Å². The molecular weight excluding hydrogens is 408 g/mol. The highest BCUT2D eigenvalue weighted by atomic mass is 32.2. The summed E-state index contributed by atoms with van der Waals surface area (Å²) in [5.74, 6) is -1.01. The number of aromatic nitrogens is 2. The van der Waals surface area contributed by atoms with E-state index in [1.54, 1.807) is 49.4 Å². The Kier molecular flexibility index (Phi) is 4.59. The molecule has 30 heavy (non-hydrogen) atoms. The van der Waals surface area contributed by atoms with E-state index in [1.165, 1.54) is 6.07 Å². The molecule has 0 saturated heterocycles. The largest absolute Gasteiger partial charge is 0.364 e. The molecule has 0 aliphatic carbocycles. The summed E-state index contributed by atoms with van der Waals surface area (Å²) in [6.45, 7) is 1.65. The number of amides is 2. The number of rotatable bonds is 4. The molecule has 0 saturated carbocycles. The van der Waals surface area contributed by atoms with Crippen LogP contribution in [-0.2, 0) is 10.0 Å². The van der Waals surface area contributed by atoms with Gasteiger partial charge >= 0.3 is 0 Å². The van der Waals surface area contributed by atoms with Gasteiger partial charge in [0.1, 0.15) is 4.90 Å². The van der Waals surface area contributed by atoms with Gasteiger partial charge in [0, 0.05) is 16.8 Å². The van der Waals surface area contributed by atoms with Crippen molar-refractivity contribution >= 4 is 39.0 Å². The second-order valence-corrected chi connectivity index (χ2v) is 8.08. The Morgan fingerprint density at radius 3 is 2.47 bits per heavy atom. The fourth-order valence-electron chi connectivity index (χ4n) is 2.98. The first-order chi connectivity index (χ1) is 14.3. The Hall–Kier alpha value is -3.99. The standard InChI is InChI=1S/C19H16N6O4S/c1-10-15(16(17(20)26)24-23-10)22-19(27)11-6-8-12(9-7-11)21-18-13-4-2-3-5-14(13)30(28,29)25-18/h2-9H,1H3,(H2,20,26)(H,21,25)(H,22,27)(H,23,24). The van der Waals surface area contributed by atoms with E-state index in [-0.39, 0.29) is 22.1 Å². The van der Waals surface area contributed by atoms with Crippen molar-refractivity contribution in [2.75, 3.05) is 10.6 Å². The molecule has 4 rings (SSSR count). The van der Waals surface area contributed by atoms with Crippen molar-refractivity contribution in [3.8, 4) is 0 Å². The summed E-state index contributed by atoms with van der Waals surface area (Å²) in [5.41, 5.74) is 7.26. The van der Waals surface area contributed by atoms with Gasteiger partial charge in [-0.1, -0.05) is 12.1 Å². The van der Waals surface area contributed by atoms with Gasteiger partial charge < -0.3 is 16.4 Å². The number of amidine groups is 1. The topological polar surface area (TPSA) is 159 Å². The van der Waals surface area contributed by atoms with Crippen molar-refractivity contribution in [3.63, 3.8) is 0 Å². The zero-order valence-corrected chi connectivity index (χ0v) is 16.4. The molecule has 1 aromatic heterocycles. The number of nitrogens with zero attached hydrogens (tertiary/aromatic N) is 2. The Balaban J connectivity index is 1.52. The van der Waals surface area contributed by atoms with Gasteiger partial charge in [-0.15, -0.1) is 4.40 Å². The molecule has 0 atom stereocenters. The molecule has 0 fully saturated rings. The van der Waals surface area contributed by atoms with Gasteiger partial charge in [0.2, 0.25) is 0 Å². The molecule has 11 heteroatoms. The number of benzene rings is 2. The fourth-order valence-corrected chi connectivity index (χ4v) is 4.16. The molecule has 1 aliphatic heterocycles. The highest BCUT2D eigenvalue weighted by Gasteiger charge is 2.28. The molecule has 2 aromatic carbocycles. The molecule has 10 nitrogen and oxygen atoms in total. The number of carbonyl (C=O) groups excluding carboxylic acids is 2.